The zero-order valence-electron chi connectivity index (χ0n) is 14.6. The Morgan fingerprint density at radius 3 is 2.42 bits per heavy atom. The maximum atomic E-state index is 12.6. The normalized spacial score (nSPS) is 18.1. The van der Waals surface area contributed by atoms with Gasteiger partial charge in [-0.3, -0.25) is 4.99 Å². The molecule has 148 valence electrons. The number of nitrogens with one attached hydrogen (secondary N) is 2. The Bertz CT molecular complexity index is 723. The van der Waals surface area contributed by atoms with Crippen LogP contribution in [0.5, 0.6) is 0 Å². The smallest absolute Gasteiger partial charge is 0.354 e. The van der Waals surface area contributed by atoms with Gasteiger partial charge >= 0.3 is 15.5 Å². The number of sulfonamides is 1. The molecule has 2 heterocycles. The van der Waals surface area contributed by atoms with Crippen molar-refractivity contribution in [2.24, 2.45) is 4.99 Å². The predicted octanol–water partition coefficient (Wildman–Crippen LogP) is 2.29. The third-order valence-electron chi connectivity index (χ3n) is 4.15. The molecule has 0 amide bonds. The SMILES string of the molecule is CCc1ccc(CNC(=NC)NC2CCN(S(=O)(=O)C(F)(F)F)CC2)s1. The number of rotatable bonds is 5. The van der Waals surface area contributed by atoms with Crippen LogP contribution in [0, 0.1) is 0 Å². The molecule has 0 bridgehead atoms. The fourth-order valence-electron chi connectivity index (χ4n) is 2.65. The number of alkyl halides is 3. The Hall–Kier alpha value is -1.33. The fraction of sp³-hybridized carbons (Fsp3) is 0.667. The maximum absolute atomic E-state index is 12.6. The van der Waals surface area contributed by atoms with Crippen molar-refractivity contribution < 1.29 is 21.6 Å². The van der Waals surface area contributed by atoms with Crippen LogP contribution < -0.4 is 10.6 Å². The van der Waals surface area contributed by atoms with Crippen molar-refractivity contribution in [3.8, 4) is 0 Å². The second kappa shape index (κ2) is 8.57. The number of hydrogen-bond donors (Lipinski definition) is 2. The van der Waals surface area contributed by atoms with Crippen molar-refractivity contribution in [1.29, 1.82) is 0 Å². The highest BCUT2D eigenvalue weighted by Gasteiger charge is 2.50. The first-order valence-electron chi connectivity index (χ1n) is 8.28. The minimum atomic E-state index is -5.25. The van der Waals surface area contributed by atoms with E-state index in [2.05, 4.69) is 28.6 Å². The molecule has 2 rings (SSSR count). The van der Waals surface area contributed by atoms with E-state index in [0.717, 1.165) is 11.3 Å². The van der Waals surface area contributed by atoms with Crippen molar-refractivity contribution >= 4 is 27.3 Å². The maximum Gasteiger partial charge on any atom is 0.511 e. The summed E-state index contributed by atoms with van der Waals surface area (Å²) >= 11 is 1.71. The molecule has 0 atom stereocenters. The van der Waals surface area contributed by atoms with E-state index in [1.165, 1.54) is 4.88 Å². The molecule has 1 aliphatic rings. The highest BCUT2D eigenvalue weighted by atomic mass is 32.2. The van der Waals surface area contributed by atoms with Crippen molar-refractivity contribution in [2.75, 3.05) is 20.1 Å². The van der Waals surface area contributed by atoms with Crippen LogP contribution in [0.1, 0.15) is 29.5 Å². The summed E-state index contributed by atoms with van der Waals surface area (Å²) in [6.45, 7) is 2.36. The third-order valence-corrected chi connectivity index (χ3v) is 7.01. The molecular formula is C15H23F3N4O2S2. The molecule has 1 aliphatic heterocycles. The molecule has 0 spiro atoms. The molecular weight excluding hydrogens is 389 g/mol. The molecule has 0 aromatic carbocycles. The van der Waals surface area contributed by atoms with Crippen molar-refractivity contribution in [3.63, 3.8) is 0 Å². The van der Waals surface area contributed by atoms with E-state index in [1.807, 2.05) is 6.07 Å². The molecule has 6 nitrogen and oxygen atoms in total. The number of hydrogen-bond acceptors (Lipinski definition) is 4. The minimum absolute atomic E-state index is 0.129. The lowest BCUT2D eigenvalue weighted by molar-refractivity contribution is -0.0494. The molecule has 26 heavy (non-hydrogen) atoms. The van der Waals surface area contributed by atoms with Gasteiger partial charge < -0.3 is 10.6 Å². The predicted molar refractivity (Wildman–Crippen MR) is 96.6 cm³/mol. The quantitative estimate of drug-likeness (QED) is 0.575. The van der Waals surface area contributed by atoms with E-state index < -0.39 is 15.5 Å². The monoisotopic (exact) mass is 412 g/mol. The highest BCUT2D eigenvalue weighted by Crippen LogP contribution is 2.28. The Kier molecular flexibility index (Phi) is 6.92. The molecule has 1 fully saturated rings. The van der Waals surface area contributed by atoms with Gasteiger partial charge in [-0.05, 0) is 31.4 Å². The van der Waals surface area contributed by atoms with Crippen LogP contribution in [0.2, 0.25) is 0 Å². The summed E-state index contributed by atoms with van der Waals surface area (Å²) in [5.74, 6) is 0.550. The van der Waals surface area contributed by atoms with Gasteiger partial charge in [0.25, 0.3) is 0 Å². The van der Waals surface area contributed by atoms with E-state index in [-0.39, 0.29) is 32.0 Å². The summed E-state index contributed by atoms with van der Waals surface area (Å²) in [5, 5.41) is 6.32. The van der Waals surface area contributed by atoms with Gasteiger partial charge in [-0.15, -0.1) is 11.3 Å². The molecule has 0 saturated carbocycles. The van der Waals surface area contributed by atoms with Crippen molar-refractivity contribution in [3.05, 3.63) is 21.9 Å². The van der Waals surface area contributed by atoms with E-state index in [9.17, 15) is 21.6 Å². The summed E-state index contributed by atoms with van der Waals surface area (Å²) in [7, 11) is -3.63. The van der Waals surface area contributed by atoms with Crippen LogP contribution in [0.4, 0.5) is 13.2 Å². The summed E-state index contributed by atoms with van der Waals surface area (Å²) < 4.78 is 61.1. The lowest BCUT2D eigenvalue weighted by Gasteiger charge is -2.32. The van der Waals surface area contributed by atoms with E-state index in [4.69, 9.17) is 0 Å². The standard InChI is InChI=1S/C15H23F3N4O2S2/c1-3-12-4-5-13(25-12)10-20-14(19-2)21-11-6-8-22(9-7-11)26(23,24)15(16,17)18/h4-5,11H,3,6-10H2,1-2H3,(H2,19,20,21). The van der Waals surface area contributed by atoms with Gasteiger partial charge in [0.2, 0.25) is 0 Å². The van der Waals surface area contributed by atoms with Gasteiger partial charge in [0.15, 0.2) is 5.96 Å². The number of piperidine rings is 1. The van der Waals surface area contributed by atoms with Crippen LogP contribution in [-0.4, -0.2) is 50.4 Å². The average Bonchev–Trinajstić information content (AvgIpc) is 3.06. The zero-order valence-corrected chi connectivity index (χ0v) is 16.3. The molecule has 0 unspecified atom stereocenters. The first kappa shape index (κ1) is 21.0. The molecule has 1 aromatic heterocycles. The lowest BCUT2D eigenvalue weighted by Crippen LogP contribution is -2.51. The van der Waals surface area contributed by atoms with Gasteiger partial charge in [0.05, 0.1) is 6.54 Å². The van der Waals surface area contributed by atoms with Crippen molar-refractivity contribution in [1.82, 2.24) is 14.9 Å². The third kappa shape index (κ3) is 5.10. The van der Waals surface area contributed by atoms with Gasteiger partial charge in [-0.2, -0.15) is 17.5 Å². The zero-order chi connectivity index (χ0) is 19.4. The van der Waals surface area contributed by atoms with Crippen LogP contribution in [0.3, 0.4) is 0 Å². The second-order valence-corrected chi connectivity index (χ2v) is 9.10. The van der Waals surface area contributed by atoms with Crippen LogP contribution in [0.25, 0.3) is 0 Å². The molecule has 0 aliphatic carbocycles. The summed E-state index contributed by atoms with van der Waals surface area (Å²) in [6.07, 6.45) is 1.56. The van der Waals surface area contributed by atoms with Gasteiger partial charge in [0.1, 0.15) is 0 Å². The summed E-state index contributed by atoms with van der Waals surface area (Å²) in [5.41, 5.74) is -5.25. The molecule has 11 heteroatoms. The minimum Gasteiger partial charge on any atom is -0.354 e. The van der Waals surface area contributed by atoms with Gasteiger partial charge in [-0.1, -0.05) is 6.92 Å². The molecule has 0 radical (unpaired) electrons. The molecule has 1 aromatic rings. The highest BCUT2D eigenvalue weighted by molar-refractivity contribution is 7.90. The second-order valence-electron chi connectivity index (χ2n) is 5.92. The first-order chi connectivity index (χ1) is 12.2. The van der Waals surface area contributed by atoms with E-state index >= 15 is 0 Å². The Morgan fingerprint density at radius 2 is 1.92 bits per heavy atom. The topological polar surface area (TPSA) is 73.8 Å². The Labute approximate surface area is 155 Å². The lowest BCUT2D eigenvalue weighted by atomic mass is 10.1. The Balaban J connectivity index is 1.83. The number of halogens is 3. The van der Waals surface area contributed by atoms with Crippen LogP contribution in [-0.2, 0) is 23.0 Å². The number of thiophene rings is 1. The van der Waals surface area contributed by atoms with E-state index in [0.29, 0.717) is 16.8 Å². The van der Waals surface area contributed by atoms with Gasteiger partial charge in [0, 0.05) is 35.9 Å². The first-order valence-corrected chi connectivity index (χ1v) is 10.5. The molecule has 2 N–H and O–H groups in total. The fourth-order valence-corrected chi connectivity index (χ4v) is 4.53. The number of aliphatic imine (C=N–C) groups is 1. The van der Waals surface area contributed by atoms with Crippen LogP contribution in [0.15, 0.2) is 17.1 Å². The number of nitrogens with zero attached hydrogens (tertiary/aromatic N) is 2. The number of guanidine groups is 1. The van der Waals surface area contributed by atoms with Gasteiger partial charge in [-0.25, -0.2) is 8.42 Å². The average molecular weight is 413 g/mol. The largest absolute Gasteiger partial charge is 0.511 e. The Morgan fingerprint density at radius 1 is 1.31 bits per heavy atom. The van der Waals surface area contributed by atoms with Crippen LogP contribution >= 0.6 is 11.3 Å². The van der Waals surface area contributed by atoms with Crippen molar-refractivity contribution in [2.45, 2.75) is 44.3 Å². The summed E-state index contributed by atoms with van der Waals surface area (Å²) in [4.78, 5) is 6.58. The summed E-state index contributed by atoms with van der Waals surface area (Å²) in [6, 6.07) is 3.99. The van der Waals surface area contributed by atoms with E-state index in [1.54, 1.807) is 18.4 Å². The number of aryl methyl sites for hydroxylation is 1. The molecule has 1 saturated heterocycles.